The van der Waals surface area contributed by atoms with E-state index in [1.165, 1.54) is 0 Å². The molecular weight excluding hydrogens is 485 g/mol. The van der Waals surface area contributed by atoms with Gasteiger partial charge in [-0.15, -0.1) is 0 Å². The van der Waals surface area contributed by atoms with Crippen molar-refractivity contribution in [2.45, 2.75) is 104 Å². The van der Waals surface area contributed by atoms with E-state index in [0.29, 0.717) is 0 Å². The first-order valence-electron chi connectivity index (χ1n) is 9.69. The monoisotopic (exact) mass is 526 g/mol. The molecule has 167 valence electrons. The van der Waals surface area contributed by atoms with Crippen LogP contribution >= 0.6 is 16.1 Å². The summed E-state index contributed by atoms with van der Waals surface area (Å²) in [6.07, 6.45) is 0. The second-order valence-electron chi connectivity index (χ2n) is 10.9. The van der Waals surface area contributed by atoms with Gasteiger partial charge < -0.3 is 15.2 Å². The van der Waals surface area contributed by atoms with E-state index in [1.807, 2.05) is 6.07 Å². The summed E-state index contributed by atoms with van der Waals surface area (Å²) in [4.78, 5) is 4.86. The van der Waals surface area contributed by atoms with Gasteiger partial charge in [-0.05, 0) is 24.5 Å². The van der Waals surface area contributed by atoms with E-state index in [2.05, 4.69) is 107 Å². The SMILES string of the molecule is CC(C)(C)P([N-]c1cccc(NP(C(C)(C)C)C(C)(C)C)n1)C(C)(C)C.[C-]#[O+].[Ru+]. The maximum Gasteiger partial charge on any atom is 1.00 e. The molecule has 0 amide bonds. The average Bonchev–Trinajstić information content (AvgIpc) is 2.48. The standard InChI is InChI=1S/C21H40N3P2.CO.Ru/c1-18(2,3)25(19(4,5)6)23-16-14-13-15-17(22-16)24-26(20(7,8)9)21(10,11)12;1-2;/h13-15H,1-12H3,(H-,22,23,24);;/q-1;;+1. The van der Waals surface area contributed by atoms with E-state index in [1.54, 1.807) is 0 Å². The molecule has 1 aromatic rings. The average molecular weight is 526 g/mol. The van der Waals surface area contributed by atoms with Gasteiger partial charge in [0, 0.05) is 16.1 Å². The minimum atomic E-state index is -0.557. The third-order valence-corrected chi connectivity index (χ3v) is 9.86. The topological polar surface area (TPSA) is 58.9 Å². The molecule has 7 heteroatoms. The third kappa shape index (κ3) is 10.7. The summed E-state index contributed by atoms with van der Waals surface area (Å²) in [7, 11) is -1.00. The van der Waals surface area contributed by atoms with Gasteiger partial charge in [-0.25, -0.2) is 0 Å². The summed E-state index contributed by atoms with van der Waals surface area (Å²) >= 11 is 0. The molecule has 1 rings (SSSR count). The van der Waals surface area contributed by atoms with Crippen LogP contribution in [0.4, 0.5) is 11.6 Å². The molecule has 0 aliphatic heterocycles. The number of hydrogen-bond acceptors (Lipinski definition) is 2. The van der Waals surface area contributed by atoms with E-state index in [4.69, 9.17) is 14.7 Å². The zero-order valence-corrected chi connectivity index (χ0v) is 23.8. The molecular formula is C22H40N3OP2Ru. The van der Waals surface area contributed by atoms with Gasteiger partial charge in [0.15, 0.2) is 0 Å². The maximum atomic E-state index is 7.50. The summed E-state index contributed by atoms with van der Waals surface area (Å²) in [6.45, 7) is 32.1. The Hall–Kier alpha value is -0.0266. The number of hydrogen-bond donors (Lipinski definition) is 1. The van der Waals surface area contributed by atoms with Crippen molar-refractivity contribution in [3.8, 4) is 0 Å². The van der Waals surface area contributed by atoms with Crippen LogP contribution in [0.25, 0.3) is 5.09 Å². The van der Waals surface area contributed by atoms with Crippen molar-refractivity contribution in [3.63, 3.8) is 0 Å². The number of nitrogens with one attached hydrogen (secondary N) is 1. The Balaban J connectivity index is 0. The molecule has 0 saturated carbocycles. The van der Waals surface area contributed by atoms with Crippen molar-refractivity contribution in [2.75, 3.05) is 5.09 Å². The van der Waals surface area contributed by atoms with Crippen molar-refractivity contribution in [3.05, 3.63) is 29.9 Å². The zero-order chi connectivity index (χ0) is 22.6. The second-order valence-corrected chi connectivity index (χ2v) is 18.0. The van der Waals surface area contributed by atoms with Gasteiger partial charge in [0.05, 0.1) is 0 Å². The van der Waals surface area contributed by atoms with Crippen LogP contribution in [0.15, 0.2) is 18.2 Å². The van der Waals surface area contributed by atoms with E-state index < -0.39 is 16.1 Å². The van der Waals surface area contributed by atoms with Crippen LogP contribution < -0.4 is 5.09 Å². The van der Waals surface area contributed by atoms with Crippen molar-refractivity contribution in [1.29, 1.82) is 0 Å². The molecule has 0 aliphatic carbocycles. The molecule has 1 heterocycles. The predicted molar refractivity (Wildman–Crippen MR) is 128 cm³/mol. The normalized spacial score (nSPS) is 12.7. The van der Waals surface area contributed by atoms with E-state index in [-0.39, 0.29) is 40.1 Å². The first-order chi connectivity index (χ1) is 12.4. The number of anilines is 1. The Kier molecular flexibility index (Phi) is 12.4. The summed E-state index contributed by atoms with van der Waals surface area (Å²) in [5.41, 5.74) is 0. The van der Waals surface area contributed by atoms with Gasteiger partial charge in [-0.3, -0.25) is 0 Å². The van der Waals surface area contributed by atoms with Crippen LogP contribution in [0, 0.1) is 6.65 Å². The van der Waals surface area contributed by atoms with Gasteiger partial charge in [0.1, 0.15) is 0 Å². The fraction of sp³-hybridized carbons (Fsp3) is 0.727. The number of aromatic nitrogens is 1. The number of nitrogens with zero attached hydrogens (tertiary/aromatic N) is 2. The van der Waals surface area contributed by atoms with Crippen molar-refractivity contribution < 1.29 is 24.1 Å². The van der Waals surface area contributed by atoms with Crippen LogP contribution in [0.5, 0.6) is 0 Å². The maximum absolute atomic E-state index is 7.50. The summed E-state index contributed by atoms with van der Waals surface area (Å²) < 4.78 is 7.50. The molecule has 0 fully saturated rings. The first kappa shape index (κ1) is 31.2. The molecule has 29 heavy (non-hydrogen) atoms. The minimum Gasteiger partial charge on any atom is 1.00 e. The fourth-order valence-electron chi connectivity index (χ4n) is 3.41. The first-order valence-corrected chi connectivity index (χ1v) is 12.3. The molecule has 0 aromatic carbocycles. The van der Waals surface area contributed by atoms with Crippen molar-refractivity contribution >= 4 is 27.8 Å². The molecule has 0 unspecified atom stereocenters. The van der Waals surface area contributed by atoms with Crippen LogP contribution in [-0.2, 0) is 24.1 Å². The Morgan fingerprint density at radius 2 is 1.21 bits per heavy atom. The Labute approximate surface area is 195 Å². The number of pyridine rings is 1. The van der Waals surface area contributed by atoms with Gasteiger partial charge >= 0.3 is 30.8 Å². The Morgan fingerprint density at radius 3 is 1.55 bits per heavy atom. The molecule has 1 radical (unpaired) electrons. The molecule has 4 nitrogen and oxygen atoms in total. The van der Waals surface area contributed by atoms with Crippen LogP contribution in [0.1, 0.15) is 83.1 Å². The molecule has 1 N–H and O–H groups in total. The fourth-order valence-corrected chi connectivity index (χ4v) is 9.37. The van der Waals surface area contributed by atoms with Gasteiger partial charge in [0.2, 0.25) is 0 Å². The molecule has 0 spiro atoms. The van der Waals surface area contributed by atoms with Gasteiger partial charge in [-0.2, -0.15) is 0 Å². The van der Waals surface area contributed by atoms with Crippen LogP contribution in [0.2, 0.25) is 0 Å². The quantitative estimate of drug-likeness (QED) is 0.186. The van der Waals surface area contributed by atoms with Crippen LogP contribution in [0.3, 0.4) is 0 Å². The van der Waals surface area contributed by atoms with E-state index in [9.17, 15) is 0 Å². The zero-order valence-electron chi connectivity index (χ0n) is 20.3. The summed E-state index contributed by atoms with van der Waals surface area (Å²) in [6, 6.07) is 6.18. The summed E-state index contributed by atoms with van der Waals surface area (Å²) in [5.74, 6) is 1.80. The largest absolute Gasteiger partial charge is 1.00 e. The van der Waals surface area contributed by atoms with Crippen molar-refractivity contribution in [2.24, 2.45) is 0 Å². The van der Waals surface area contributed by atoms with Crippen molar-refractivity contribution in [1.82, 2.24) is 4.98 Å². The predicted octanol–water partition coefficient (Wildman–Crippen LogP) is 8.45. The Bertz CT molecular complexity index is 561. The molecule has 0 atom stereocenters. The molecule has 1 aromatic heterocycles. The molecule has 0 bridgehead atoms. The smallest absolute Gasteiger partial charge is 1.00 e. The van der Waals surface area contributed by atoms with Gasteiger partial charge in [-0.1, -0.05) is 109 Å². The second kappa shape index (κ2) is 11.6. The molecule has 0 saturated heterocycles. The summed E-state index contributed by atoms with van der Waals surface area (Å²) in [5, 5.41) is 9.58. The van der Waals surface area contributed by atoms with Gasteiger partial charge in [0.25, 0.3) is 0 Å². The van der Waals surface area contributed by atoms with Crippen LogP contribution in [-0.4, -0.2) is 25.6 Å². The minimum absolute atomic E-state index is 0. The van der Waals surface area contributed by atoms with E-state index in [0.717, 1.165) is 11.6 Å². The Morgan fingerprint density at radius 1 is 0.793 bits per heavy atom. The molecule has 0 aliphatic rings. The number of rotatable bonds is 4. The van der Waals surface area contributed by atoms with E-state index >= 15 is 0 Å². The third-order valence-electron chi connectivity index (χ3n) is 3.78.